The lowest BCUT2D eigenvalue weighted by atomic mass is 9.44. The highest BCUT2D eigenvalue weighted by atomic mass is 16.6. The van der Waals surface area contributed by atoms with Crippen LogP contribution in [0.5, 0.6) is 0 Å². The molecule has 3 fully saturated rings. The maximum absolute atomic E-state index is 12.9. The average molecular weight is 360 g/mol. The Labute approximate surface area is 154 Å². The van der Waals surface area contributed by atoms with Crippen molar-refractivity contribution in [3.8, 4) is 0 Å². The van der Waals surface area contributed by atoms with Gasteiger partial charge in [-0.2, -0.15) is 0 Å². The van der Waals surface area contributed by atoms with E-state index in [4.69, 9.17) is 13.9 Å². The third-order valence-corrected chi connectivity index (χ3v) is 7.98. The number of Topliss-reactive ketones (excluding diaryl/α,β-unsaturated/α-hetero) is 1. The molecule has 0 amide bonds. The lowest BCUT2D eigenvalue weighted by Crippen LogP contribution is -2.58. The van der Waals surface area contributed by atoms with Gasteiger partial charge in [-0.15, -0.1) is 0 Å². The second-order valence-electron chi connectivity index (χ2n) is 8.99. The molecular formula is C21H28O5. The number of rotatable bonds is 4. The Bertz CT molecular complexity index is 725. The van der Waals surface area contributed by atoms with Gasteiger partial charge >= 0.3 is 5.97 Å². The van der Waals surface area contributed by atoms with Gasteiger partial charge in [-0.05, 0) is 50.0 Å². The first-order valence-corrected chi connectivity index (χ1v) is 9.57. The van der Waals surface area contributed by atoms with Gasteiger partial charge in [-0.1, -0.05) is 13.8 Å². The Morgan fingerprint density at radius 2 is 2.00 bits per heavy atom. The van der Waals surface area contributed by atoms with Crippen LogP contribution in [0.15, 0.2) is 23.0 Å². The first kappa shape index (κ1) is 17.8. The molecule has 2 heterocycles. The number of hydrogen-bond donors (Lipinski definition) is 0. The zero-order valence-corrected chi connectivity index (χ0v) is 16.0. The number of epoxide rings is 1. The van der Waals surface area contributed by atoms with E-state index in [-0.39, 0.29) is 34.6 Å². The minimum atomic E-state index is -0.450. The Morgan fingerprint density at radius 1 is 1.23 bits per heavy atom. The minimum Gasteiger partial charge on any atom is -0.472 e. The van der Waals surface area contributed by atoms with E-state index < -0.39 is 5.41 Å². The summed E-state index contributed by atoms with van der Waals surface area (Å²) in [5.74, 6) is -0.185. The second kappa shape index (κ2) is 5.69. The van der Waals surface area contributed by atoms with E-state index >= 15 is 0 Å². The molecule has 0 N–H and O–H groups in total. The quantitative estimate of drug-likeness (QED) is 0.461. The smallest absolute Gasteiger partial charge is 0.309 e. The monoisotopic (exact) mass is 360 g/mol. The molecular weight excluding hydrogens is 332 g/mol. The minimum absolute atomic E-state index is 0.0220. The van der Waals surface area contributed by atoms with Crippen LogP contribution < -0.4 is 0 Å². The number of furan rings is 1. The Kier molecular flexibility index (Phi) is 3.89. The van der Waals surface area contributed by atoms with Crippen molar-refractivity contribution in [2.45, 2.75) is 64.6 Å². The molecule has 3 aliphatic rings. The van der Waals surface area contributed by atoms with Gasteiger partial charge < -0.3 is 13.9 Å². The van der Waals surface area contributed by atoms with Gasteiger partial charge in [0.2, 0.25) is 0 Å². The van der Waals surface area contributed by atoms with E-state index in [9.17, 15) is 9.59 Å². The summed E-state index contributed by atoms with van der Waals surface area (Å²) in [6.07, 6.45) is 7.31. The Hall–Kier alpha value is -1.62. The van der Waals surface area contributed by atoms with Gasteiger partial charge in [0.05, 0.1) is 36.6 Å². The molecule has 2 aliphatic carbocycles. The number of methoxy groups -OCH3 is 1. The number of carbonyl (C=O) groups excluding carboxylic acids is 2. The molecule has 5 nitrogen and oxygen atoms in total. The summed E-state index contributed by atoms with van der Waals surface area (Å²) in [5, 5.41) is 0. The highest BCUT2D eigenvalue weighted by molar-refractivity contribution is 5.96. The van der Waals surface area contributed by atoms with E-state index in [0.29, 0.717) is 18.1 Å². The van der Waals surface area contributed by atoms with Crippen LogP contribution in [0, 0.1) is 22.7 Å². The van der Waals surface area contributed by atoms with E-state index in [1.54, 1.807) is 6.07 Å². The zero-order valence-electron chi connectivity index (χ0n) is 16.0. The number of fused-ring (bicyclic) bond motifs is 3. The molecule has 1 aromatic heterocycles. The Morgan fingerprint density at radius 3 is 2.65 bits per heavy atom. The summed E-state index contributed by atoms with van der Waals surface area (Å²) < 4.78 is 16.3. The second-order valence-corrected chi connectivity index (χ2v) is 8.99. The van der Waals surface area contributed by atoms with Crippen molar-refractivity contribution >= 4 is 11.8 Å². The largest absolute Gasteiger partial charge is 0.472 e. The topological polar surface area (TPSA) is 69.0 Å². The predicted molar refractivity (Wildman–Crippen MR) is 94.6 cm³/mol. The van der Waals surface area contributed by atoms with Gasteiger partial charge in [0.25, 0.3) is 0 Å². The first-order valence-electron chi connectivity index (χ1n) is 9.57. The van der Waals surface area contributed by atoms with Gasteiger partial charge in [-0.25, -0.2) is 0 Å². The van der Waals surface area contributed by atoms with Crippen LogP contribution in [0.3, 0.4) is 0 Å². The lowest BCUT2D eigenvalue weighted by Gasteiger charge is -2.58. The van der Waals surface area contributed by atoms with Crippen LogP contribution in [0.25, 0.3) is 0 Å². The number of ketones is 1. The zero-order chi connectivity index (χ0) is 18.7. The molecule has 0 spiro atoms. The molecule has 142 valence electrons. The molecule has 2 saturated carbocycles. The van der Waals surface area contributed by atoms with Crippen molar-refractivity contribution < 1.29 is 23.5 Å². The SMILES string of the molecule is COC(=O)C1CCC2(C)[C@H](CCC3O[C@]32C)[C@@]1(C)CC(=O)c1ccoc1. The maximum atomic E-state index is 12.9. The predicted octanol–water partition coefficient (Wildman–Crippen LogP) is 4.02. The van der Waals surface area contributed by atoms with Crippen molar-refractivity contribution in [3.05, 3.63) is 24.2 Å². The van der Waals surface area contributed by atoms with E-state index in [0.717, 1.165) is 25.7 Å². The number of ether oxygens (including phenoxy) is 2. The van der Waals surface area contributed by atoms with Crippen LogP contribution in [-0.2, 0) is 14.3 Å². The summed E-state index contributed by atoms with van der Waals surface area (Å²) in [6, 6.07) is 1.70. The highest BCUT2D eigenvalue weighted by Crippen LogP contribution is 2.70. The fourth-order valence-corrected chi connectivity index (χ4v) is 6.22. The molecule has 0 bridgehead atoms. The standard InChI is InChI=1S/C21H28O5/c1-19(11-15(22)13-8-10-25-12-13)14(18(23)24-4)7-9-20(2)16(19)5-6-17-21(20,3)26-17/h8,10,12,14,16-17H,5-7,9,11H2,1-4H3/t14?,16-,17?,19+,20?,21-/m1/s1. The van der Waals surface area contributed by atoms with Crippen molar-refractivity contribution in [1.29, 1.82) is 0 Å². The van der Waals surface area contributed by atoms with E-state index in [2.05, 4.69) is 20.8 Å². The number of esters is 1. The average Bonchev–Trinajstić information content (AvgIpc) is 3.05. The van der Waals surface area contributed by atoms with Gasteiger partial charge in [0.15, 0.2) is 5.78 Å². The fourth-order valence-electron chi connectivity index (χ4n) is 6.22. The first-order chi connectivity index (χ1) is 12.3. The fraction of sp³-hybridized carbons (Fsp3) is 0.714. The summed E-state index contributed by atoms with van der Waals surface area (Å²) in [7, 11) is 1.44. The van der Waals surface area contributed by atoms with Gasteiger partial charge in [0, 0.05) is 11.8 Å². The van der Waals surface area contributed by atoms with E-state index in [1.807, 2.05) is 0 Å². The molecule has 5 heteroatoms. The maximum Gasteiger partial charge on any atom is 0.309 e. The number of hydrogen-bond acceptors (Lipinski definition) is 5. The van der Waals surface area contributed by atoms with Crippen LogP contribution in [0.1, 0.15) is 63.2 Å². The van der Waals surface area contributed by atoms with Crippen molar-refractivity contribution in [1.82, 2.24) is 0 Å². The van der Waals surface area contributed by atoms with Crippen LogP contribution in [0.2, 0.25) is 0 Å². The molecule has 0 radical (unpaired) electrons. The number of carbonyl (C=O) groups is 2. The Balaban J connectivity index is 1.72. The summed E-state index contributed by atoms with van der Waals surface area (Å²) in [4.78, 5) is 25.6. The van der Waals surface area contributed by atoms with Crippen molar-refractivity contribution in [2.24, 2.45) is 22.7 Å². The van der Waals surface area contributed by atoms with Gasteiger partial charge in [0.1, 0.15) is 6.26 Å². The molecule has 4 rings (SSSR count). The normalized spacial score (nSPS) is 43.9. The van der Waals surface area contributed by atoms with Crippen LogP contribution in [0.4, 0.5) is 0 Å². The molecule has 1 aromatic rings. The van der Waals surface area contributed by atoms with E-state index in [1.165, 1.54) is 19.6 Å². The molecule has 0 aromatic carbocycles. The summed E-state index contributed by atoms with van der Waals surface area (Å²) in [6.45, 7) is 6.62. The van der Waals surface area contributed by atoms with Crippen molar-refractivity contribution in [2.75, 3.05) is 7.11 Å². The van der Waals surface area contributed by atoms with Crippen LogP contribution >= 0.6 is 0 Å². The highest BCUT2D eigenvalue weighted by Gasteiger charge is 2.72. The lowest BCUT2D eigenvalue weighted by molar-refractivity contribution is -0.165. The summed E-state index contributed by atoms with van der Waals surface area (Å²) >= 11 is 0. The molecule has 26 heavy (non-hydrogen) atoms. The summed E-state index contributed by atoms with van der Waals surface area (Å²) in [5.41, 5.74) is -0.0262. The van der Waals surface area contributed by atoms with Crippen molar-refractivity contribution in [3.63, 3.8) is 0 Å². The van der Waals surface area contributed by atoms with Crippen LogP contribution in [-0.4, -0.2) is 30.6 Å². The molecule has 6 atom stereocenters. The molecule has 3 unspecified atom stereocenters. The third kappa shape index (κ3) is 2.25. The molecule has 1 aliphatic heterocycles. The van der Waals surface area contributed by atoms with Gasteiger partial charge in [-0.3, -0.25) is 9.59 Å². The molecule has 1 saturated heterocycles. The third-order valence-electron chi connectivity index (χ3n) is 7.98.